The van der Waals surface area contributed by atoms with E-state index in [4.69, 9.17) is 10.2 Å². The number of benzene rings is 1. The van der Waals surface area contributed by atoms with Crippen LogP contribution in [0.15, 0.2) is 24.3 Å². The van der Waals surface area contributed by atoms with Crippen molar-refractivity contribution in [1.82, 2.24) is 0 Å². The number of aliphatic hydroxyl groups excluding tert-OH is 1. The molecule has 6 heteroatoms. The molecule has 5 nitrogen and oxygen atoms in total. The van der Waals surface area contributed by atoms with Crippen LogP contribution >= 0.6 is 0 Å². The average Bonchev–Trinajstić information content (AvgIpc) is 2.16. The van der Waals surface area contributed by atoms with Gasteiger partial charge in [-0.3, -0.25) is 0 Å². The summed E-state index contributed by atoms with van der Waals surface area (Å²) in [6, 6.07) is 5.64. The molecule has 0 aliphatic rings. The number of aromatic carboxylic acids is 1. The molecule has 1 aromatic rings. The first-order valence-electron chi connectivity index (χ1n) is 5.18. The van der Waals surface area contributed by atoms with Crippen LogP contribution in [0, 0.1) is 0 Å². The first-order valence-corrected chi connectivity index (χ1v) is 5.18. The Morgan fingerprint density at radius 2 is 1.78 bits per heavy atom. The fourth-order valence-corrected chi connectivity index (χ4v) is 0.946. The van der Waals surface area contributed by atoms with Gasteiger partial charge in [0.2, 0.25) is 0 Å². The number of rotatable bonds is 3. The molecule has 2 N–H and O–H groups in total. The van der Waals surface area contributed by atoms with Gasteiger partial charge in [-0.1, -0.05) is 12.1 Å². The Balaban J connectivity index is 0. The number of nitrogens with zero attached hydrogens (tertiary/aromatic N) is 1. The molecule has 98 valence electrons. The van der Waals surface area contributed by atoms with Gasteiger partial charge >= 0.3 is 29.6 Å². The van der Waals surface area contributed by atoms with Gasteiger partial charge in [-0.2, -0.15) is 0 Å². The number of likely N-dealkylation sites (N-methyl/N-ethyl adjacent to an activating group) is 1. The van der Waals surface area contributed by atoms with Crippen molar-refractivity contribution < 1.29 is 24.6 Å². The quantitative estimate of drug-likeness (QED) is 0.531. The van der Waals surface area contributed by atoms with E-state index in [1.165, 1.54) is 18.2 Å². The van der Waals surface area contributed by atoms with Crippen molar-refractivity contribution >= 4 is 35.5 Å². The zero-order valence-corrected chi connectivity index (χ0v) is 10.4. The van der Waals surface area contributed by atoms with Crippen molar-refractivity contribution in [2.45, 2.75) is 0 Å². The molecule has 0 spiro atoms. The summed E-state index contributed by atoms with van der Waals surface area (Å²) in [4.78, 5) is 10.2. The van der Waals surface area contributed by atoms with E-state index < -0.39 is 5.97 Å². The summed E-state index contributed by atoms with van der Waals surface area (Å²) >= 11 is 0. The number of hydrogen-bond acceptors (Lipinski definition) is 4. The van der Waals surface area contributed by atoms with E-state index in [0.29, 0.717) is 0 Å². The van der Waals surface area contributed by atoms with Crippen molar-refractivity contribution in [3.05, 3.63) is 29.8 Å². The summed E-state index contributed by atoms with van der Waals surface area (Å²) in [7, 11) is 6.16. The predicted molar refractivity (Wildman–Crippen MR) is 69.6 cm³/mol. The summed E-state index contributed by atoms with van der Waals surface area (Å²) < 4.78 is 0.844. The fraction of sp³-hybridized carbons (Fsp3) is 0.417. The maximum atomic E-state index is 10.2. The number of quaternary nitrogens is 1. The summed E-state index contributed by atoms with van der Waals surface area (Å²) in [6.45, 7) is 1.11. The number of para-hydroxylation sites is 1. The van der Waals surface area contributed by atoms with Gasteiger partial charge in [0.1, 0.15) is 12.3 Å². The Kier molecular flexibility index (Phi) is 10.3. The molecule has 0 saturated carbocycles. The van der Waals surface area contributed by atoms with E-state index in [-0.39, 0.29) is 47.5 Å². The maximum absolute atomic E-state index is 10.2. The van der Waals surface area contributed by atoms with Crippen LogP contribution in [0.1, 0.15) is 10.4 Å². The van der Waals surface area contributed by atoms with Crippen LogP contribution in [-0.4, -0.2) is 84.5 Å². The molecule has 18 heavy (non-hydrogen) atoms. The van der Waals surface area contributed by atoms with Crippen LogP contribution in [0.5, 0.6) is 5.75 Å². The fourth-order valence-electron chi connectivity index (χ4n) is 0.946. The third-order valence-corrected chi connectivity index (χ3v) is 1.89. The molecule has 0 fully saturated rings. The minimum absolute atomic E-state index is 0. The van der Waals surface area contributed by atoms with Gasteiger partial charge in [0, 0.05) is 5.56 Å². The van der Waals surface area contributed by atoms with Crippen molar-refractivity contribution in [2.75, 3.05) is 34.3 Å². The molecule has 0 saturated heterocycles. The molecule has 0 amide bonds. The summed E-state index contributed by atoms with van der Waals surface area (Å²) in [5.74, 6) is -1.62. The van der Waals surface area contributed by atoms with Crippen LogP contribution in [0.2, 0.25) is 0 Å². The molecule has 0 heterocycles. The second kappa shape index (κ2) is 9.35. The van der Waals surface area contributed by atoms with E-state index in [2.05, 4.69) is 21.1 Å². The normalized spacial score (nSPS) is 9.78. The molecule has 0 unspecified atom stereocenters. The van der Waals surface area contributed by atoms with Crippen LogP contribution in [0.25, 0.3) is 0 Å². The van der Waals surface area contributed by atoms with Crippen LogP contribution in [0.4, 0.5) is 0 Å². The standard InChI is InChI=1S/C7H6O3.C5H14NO.Na.H/c8-6-4-2-1-3-5(6)7(9)10;1-6(2,3)4-5-7;;/h1-4,8H,(H,9,10);7H,4-5H2,1-3H3;;/q;+1;;/p-1. The Morgan fingerprint density at radius 1 is 1.28 bits per heavy atom. The molecule has 0 aliphatic carbocycles. The number of aromatic hydroxyl groups is 1. The summed E-state index contributed by atoms with van der Waals surface area (Å²) in [5, 5.41) is 27.4. The zero-order valence-electron chi connectivity index (χ0n) is 10.4. The Morgan fingerprint density at radius 3 is 2.00 bits per heavy atom. The van der Waals surface area contributed by atoms with Crippen LogP contribution < -0.4 is 5.11 Å². The first-order chi connectivity index (χ1) is 7.78. The molecular weight excluding hydrogens is 245 g/mol. The number of carboxylic acid groups (broad SMARTS) is 1. The molecule has 0 aromatic heterocycles. The second-order valence-electron chi connectivity index (χ2n) is 4.54. The number of aliphatic hydroxyl groups is 1. The Hall–Kier alpha value is -0.590. The molecule has 0 radical (unpaired) electrons. The second-order valence-corrected chi connectivity index (χ2v) is 4.54. The van der Waals surface area contributed by atoms with Crippen LogP contribution in [0.3, 0.4) is 0 Å². The predicted octanol–water partition coefficient (Wildman–Crippen LogP) is -1.21. The molecule has 0 bridgehead atoms. The van der Waals surface area contributed by atoms with Crippen molar-refractivity contribution in [1.29, 1.82) is 0 Å². The van der Waals surface area contributed by atoms with E-state index in [9.17, 15) is 9.90 Å². The Bertz CT molecular complexity index is 363. The number of phenols is 1. The average molecular weight is 265 g/mol. The van der Waals surface area contributed by atoms with Gasteiger partial charge in [0.05, 0.1) is 33.7 Å². The van der Waals surface area contributed by atoms with E-state index >= 15 is 0 Å². The minimum atomic E-state index is -1.36. The van der Waals surface area contributed by atoms with Crippen molar-refractivity contribution in [3.63, 3.8) is 0 Å². The van der Waals surface area contributed by atoms with Gasteiger partial charge in [0.25, 0.3) is 0 Å². The number of carbonyl (C=O) groups is 1. The number of hydrogen-bond donors (Lipinski definition) is 2. The van der Waals surface area contributed by atoms with Crippen molar-refractivity contribution in [2.24, 2.45) is 0 Å². The molecule has 0 atom stereocenters. The third kappa shape index (κ3) is 9.44. The van der Waals surface area contributed by atoms with E-state index in [1.807, 2.05) is 0 Å². The SMILES string of the molecule is C[N+](C)(C)CCO.O=C([O-])c1ccccc1O.[NaH]. The zero-order chi connectivity index (χ0) is 13.5. The van der Waals surface area contributed by atoms with Crippen molar-refractivity contribution in [3.8, 4) is 5.75 Å². The summed E-state index contributed by atoms with van der Waals surface area (Å²) in [5.41, 5.74) is -0.178. The number of carboxylic acids is 1. The molecule has 1 rings (SSSR count). The topological polar surface area (TPSA) is 80.6 Å². The van der Waals surface area contributed by atoms with Gasteiger partial charge in [-0.05, 0) is 12.1 Å². The van der Waals surface area contributed by atoms with Gasteiger partial charge < -0.3 is 24.6 Å². The van der Waals surface area contributed by atoms with Gasteiger partial charge in [0.15, 0.2) is 0 Å². The monoisotopic (exact) mass is 265 g/mol. The number of carbonyl (C=O) groups excluding carboxylic acids is 1. The molecular formula is C12H20NNaO4. The van der Waals surface area contributed by atoms with Gasteiger partial charge in [-0.25, -0.2) is 0 Å². The molecule has 1 aromatic carbocycles. The van der Waals surface area contributed by atoms with E-state index in [1.54, 1.807) is 6.07 Å². The molecule has 0 aliphatic heterocycles. The van der Waals surface area contributed by atoms with Gasteiger partial charge in [-0.15, -0.1) is 0 Å². The third-order valence-electron chi connectivity index (χ3n) is 1.89. The summed E-state index contributed by atoms with van der Waals surface area (Å²) in [6.07, 6.45) is 0. The Labute approximate surface area is 130 Å². The van der Waals surface area contributed by atoms with E-state index in [0.717, 1.165) is 11.0 Å². The first kappa shape index (κ1) is 19.7. The van der Waals surface area contributed by atoms with Crippen LogP contribution in [-0.2, 0) is 0 Å².